The molecule has 0 radical (unpaired) electrons. The normalized spacial score (nSPS) is 17.8. The van der Waals surface area contributed by atoms with Crippen LogP contribution in [-0.2, 0) is 19.2 Å². The van der Waals surface area contributed by atoms with Crippen molar-refractivity contribution >= 4 is 35.0 Å². The third kappa shape index (κ3) is 8.64. The molecule has 13 heteroatoms. The van der Waals surface area contributed by atoms with Crippen molar-refractivity contribution in [1.82, 2.24) is 29.8 Å². The summed E-state index contributed by atoms with van der Waals surface area (Å²) in [6.45, 7) is 1.05. The molecule has 0 aliphatic carbocycles. The quantitative estimate of drug-likeness (QED) is 0.159. The van der Waals surface area contributed by atoms with Crippen molar-refractivity contribution in [2.24, 2.45) is 0 Å². The maximum absolute atomic E-state index is 13.7. The molecule has 2 fully saturated rings. The first-order chi connectivity index (χ1) is 27.6. The average molecular weight is 769 g/mol. The van der Waals surface area contributed by atoms with Crippen LogP contribution in [0.2, 0.25) is 0 Å². The number of hydrogen-bond donors (Lipinski definition) is 2. The summed E-state index contributed by atoms with van der Waals surface area (Å²) in [6.07, 6.45) is 2.69. The topological polar surface area (TPSA) is 144 Å². The van der Waals surface area contributed by atoms with Gasteiger partial charge in [0.05, 0.1) is 0 Å². The Bertz CT molecular complexity index is 2020. The summed E-state index contributed by atoms with van der Waals surface area (Å²) in [4.78, 5) is 61.5. The maximum atomic E-state index is 13.7. The SMILES string of the molecule is CN(C)[C@H](C(=O)N1CCCC1C(=O)Nc1ccc(-c2nnc(-c3ccc(NC(=O)[C@@H]4CCCN4C(=O)[C@H](c4ccccc4)N(C)C)cc3)o2)cc1)c1ccccc1. The van der Waals surface area contributed by atoms with Crippen LogP contribution in [0.1, 0.15) is 48.9 Å². The van der Waals surface area contributed by atoms with E-state index in [0.29, 0.717) is 60.2 Å². The molecule has 1 unspecified atom stereocenters. The van der Waals surface area contributed by atoms with E-state index in [9.17, 15) is 19.2 Å². The van der Waals surface area contributed by atoms with Crippen LogP contribution in [0, 0.1) is 0 Å². The fourth-order valence-corrected chi connectivity index (χ4v) is 7.81. The minimum Gasteiger partial charge on any atom is -0.416 e. The van der Waals surface area contributed by atoms with E-state index >= 15 is 0 Å². The Kier molecular flexibility index (Phi) is 11.9. The molecule has 2 saturated heterocycles. The number of carbonyl (C=O) groups excluding carboxylic acids is 4. The predicted molar refractivity (Wildman–Crippen MR) is 218 cm³/mol. The van der Waals surface area contributed by atoms with Gasteiger partial charge in [-0.25, -0.2) is 0 Å². The van der Waals surface area contributed by atoms with Crippen molar-refractivity contribution < 1.29 is 23.6 Å². The lowest BCUT2D eigenvalue weighted by molar-refractivity contribution is -0.141. The Morgan fingerprint density at radius 1 is 0.579 bits per heavy atom. The fraction of sp³-hybridized carbons (Fsp3) is 0.318. The van der Waals surface area contributed by atoms with Gasteiger partial charge in [-0.05, 0) is 114 Å². The Hall–Kier alpha value is -6.18. The van der Waals surface area contributed by atoms with Gasteiger partial charge >= 0.3 is 0 Å². The smallest absolute Gasteiger partial charge is 0.248 e. The summed E-state index contributed by atoms with van der Waals surface area (Å²) < 4.78 is 6.00. The number of likely N-dealkylation sites (N-methyl/N-ethyl adjacent to an activating group) is 2. The number of nitrogens with one attached hydrogen (secondary N) is 2. The Balaban J connectivity index is 0.951. The van der Waals surface area contributed by atoms with Crippen molar-refractivity contribution in [2.45, 2.75) is 49.9 Å². The number of hydrogen-bond acceptors (Lipinski definition) is 9. The summed E-state index contributed by atoms with van der Waals surface area (Å²) in [6, 6.07) is 31.4. The van der Waals surface area contributed by atoms with E-state index in [-0.39, 0.29) is 23.6 Å². The monoisotopic (exact) mass is 768 g/mol. The molecule has 0 bridgehead atoms. The van der Waals surface area contributed by atoms with Crippen LogP contribution in [-0.4, -0.2) is 107 Å². The second-order valence-corrected chi connectivity index (χ2v) is 15.0. The number of aromatic nitrogens is 2. The van der Waals surface area contributed by atoms with Crippen LogP contribution in [0.5, 0.6) is 0 Å². The summed E-state index contributed by atoms with van der Waals surface area (Å²) >= 11 is 0. The summed E-state index contributed by atoms with van der Waals surface area (Å²) in [7, 11) is 7.49. The maximum Gasteiger partial charge on any atom is 0.248 e. The molecule has 0 saturated carbocycles. The van der Waals surface area contributed by atoms with E-state index in [4.69, 9.17) is 4.42 Å². The van der Waals surface area contributed by atoms with Gasteiger partial charge in [-0.15, -0.1) is 10.2 Å². The third-order valence-electron chi connectivity index (χ3n) is 10.6. The molecule has 0 spiro atoms. The average Bonchev–Trinajstić information content (AvgIpc) is 4.01. The standard InChI is InChI=1S/C44H48N8O5/c1-49(2)37(29-13-7-5-8-14-29)43(55)51-27-11-17-35(51)39(53)45-33-23-19-31(20-24-33)41-47-48-42(57-41)32-21-25-34(26-22-32)46-40(54)36-18-12-28-52(36)44(56)38(50(3)4)30-15-9-6-10-16-30/h5-10,13-16,19-26,35-38H,11-12,17-18,27-28H2,1-4H3,(H,45,53)(H,46,54)/t35-,36?,37-,38-/m0/s1. The zero-order chi connectivity index (χ0) is 40.1. The Morgan fingerprint density at radius 2 is 0.947 bits per heavy atom. The van der Waals surface area contributed by atoms with Gasteiger partial charge in [0.1, 0.15) is 24.2 Å². The molecule has 5 aromatic rings. The van der Waals surface area contributed by atoms with Gasteiger partial charge in [0.25, 0.3) is 0 Å². The van der Waals surface area contributed by atoms with Gasteiger partial charge in [-0.2, -0.15) is 0 Å². The third-order valence-corrected chi connectivity index (χ3v) is 10.6. The first-order valence-electron chi connectivity index (χ1n) is 19.3. The highest BCUT2D eigenvalue weighted by Crippen LogP contribution is 2.30. The zero-order valence-corrected chi connectivity index (χ0v) is 32.7. The van der Waals surface area contributed by atoms with E-state index in [2.05, 4.69) is 20.8 Å². The van der Waals surface area contributed by atoms with Gasteiger partial charge in [0, 0.05) is 35.6 Å². The van der Waals surface area contributed by atoms with Crippen LogP contribution in [0.4, 0.5) is 11.4 Å². The van der Waals surface area contributed by atoms with Crippen LogP contribution in [0.3, 0.4) is 0 Å². The zero-order valence-electron chi connectivity index (χ0n) is 32.7. The molecule has 4 amide bonds. The predicted octanol–water partition coefficient (Wildman–Crippen LogP) is 5.87. The molecular weight excluding hydrogens is 721 g/mol. The number of carbonyl (C=O) groups is 4. The number of likely N-dealkylation sites (tertiary alicyclic amines) is 2. The van der Waals surface area contributed by atoms with Gasteiger partial charge in [-0.3, -0.25) is 29.0 Å². The lowest BCUT2D eigenvalue weighted by atomic mass is 10.0. The lowest BCUT2D eigenvalue weighted by Crippen LogP contribution is -2.47. The largest absolute Gasteiger partial charge is 0.416 e. The molecule has 2 N–H and O–H groups in total. The van der Waals surface area contributed by atoms with E-state index in [1.54, 1.807) is 58.3 Å². The van der Waals surface area contributed by atoms with Gasteiger partial charge in [-0.1, -0.05) is 60.7 Å². The first kappa shape index (κ1) is 39.1. The van der Waals surface area contributed by atoms with Gasteiger partial charge in [0.15, 0.2) is 0 Å². The minimum atomic E-state index is -0.566. The van der Waals surface area contributed by atoms with Gasteiger partial charge in [0.2, 0.25) is 35.4 Å². The summed E-state index contributed by atoms with van der Waals surface area (Å²) in [5.41, 5.74) is 4.30. The number of anilines is 2. The number of benzene rings is 4. The van der Waals surface area contributed by atoms with Crippen LogP contribution in [0.15, 0.2) is 114 Å². The van der Waals surface area contributed by atoms with Crippen LogP contribution in [0.25, 0.3) is 22.9 Å². The highest BCUT2D eigenvalue weighted by atomic mass is 16.4. The first-order valence-corrected chi connectivity index (χ1v) is 19.3. The second-order valence-electron chi connectivity index (χ2n) is 15.0. The molecule has 7 rings (SSSR count). The molecule has 2 aliphatic rings. The molecule has 1 aromatic heterocycles. The lowest BCUT2D eigenvalue weighted by Gasteiger charge is -2.31. The molecule has 2 aliphatic heterocycles. The van der Waals surface area contributed by atoms with Crippen molar-refractivity contribution in [1.29, 1.82) is 0 Å². The fourth-order valence-electron chi connectivity index (χ4n) is 7.81. The molecule has 294 valence electrons. The van der Waals surface area contributed by atoms with Crippen molar-refractivity contribution in [3.63, 3.8) is 0 Å². The molecular formula is C44H48N8O5. The van der Waals surface area contributed by atoms with Crippen molar-refractivity contribution in [3.8, 4) is 22.9 Å². The summed E-state index contributed by atoms with van der Waals surface area (Å²) in [5.74, 6) is -0.0233. The number of nitrogens with zero attached hydrogens (tertiary/aromatic N) is 6. The van der Waals surface area contributed by atoms with Gasteiger partial charge < -0.3 is 24.9 Å². The Labute approximate surface area is 332 Å². The summed E-state index contributed by atoms with van der Waals surface area (Å²) in [5, 5.41) is 14.4. The van der Waals surface area contributed by atoms with Crippen LogP contribution >= 0.6 is 0 Å². The van der Waals surface area contributed by atoms with Crippen molar-refractivity contribution in [3.05, 3.63) is 120 Å². The van der Waals surface area contributed by atoms with E-state index in [1.165, 1.54) is 0 Å². The van der Waals surface area contributed by atoms with E-state index < -0.39 is 24.2 Å². The molecule has 13 nitrogen and oxygen atoms in total. The second kappa shape index (κ2) is 17.3. The molecule has 3 heterocycles. The molecule has 4 aromatic carbocycles. The highest BCUT2D eigenvalue weighted by Gasteiger charge is 2.40. The Morgan fingerprint density at radius 3 is 1.30 bits per heavy atom. The minimum absolute atomic E-state index is 0.0903. The van der Waals surface area contributed by atoms with E-state index in [0.717, 1.165) is 24.0 Å². The number of rotatable bonds is 12. The van der Waals surface area contributed by atoms with E-state index in [1.807, 2.05) is 98.7 Å². The molecule has 4 atom stereocenters. The molecule has 57 heavy (non-hydrogen) atoms. The van der Waals surface area contributed by atoms with Crippen LogP contribution < -0.4 is 10.6 Å². The van der Waals surface area contributed by atoms with Crippen molar-refractivity contribution in [2.75, 3.05) is 51.9 Å². The number of amides is 4. The highest BCUT2D eigenvalue weighted by molar-refractivity contribution is 5.99.